The van der Waals surface area contributed by atoms with Crippen LogP contribution in [0.5, 0.6) is 5.75 Å². The van der Waals surface area contributed by atoms with Gasteiger partial charge in [0, 0.05) is 25.2 Å². The van der Waals surface area contributed by atoms with E-state index in [1.807, 2.05) is 0 Å². The van der Waals surface area contributed by atoms with Crippen molar-refractivity contribution >= 4 is 21.5 Å². The molecule has 6 nitrogen and oxygen atoms in total. The number of aryl methyl sites for hydroxylation is 1. The van der Waals surface area contributed by atoms with Gasteiger partial charge in [0.2, 0.25) is 15.9 Å². The van der Waals surface area contributed by atoms with Gasteiger partial charge in [0.1, 0.15) is 18.2 Å². The van der Waals surface area contributed by atoms with Crippen molar-refractivity contribution in [2.45, 2.75) is 39.2 Å². The summed E-state index contributed by atoms with van der Waals surface area (Å²) < 4.78 is 45.5. The Morgan fingerprint density at radius 3 is 2.53 bits per heavy atom. The van der Waals surface area contributed by atoms with Gasteiger partial charge in [0.15, 0.2) is 0 Å². The quantitative estimate of drug-likeness (QED) is 0.715. The van der Waals surface area contributed by atoms with Crippen LogP contribution < -0.4 is 9.46 Å². The van der Waals surface area contributed by atoms with Crippen LogP contribution in [0.3, 0.4) is 0 Å². The highest BCUT2D eigenvalue weighted by Crippen LogP contribution is 2.47. The highest BCUT2D eigenvalue weighted by atomic mass is 32.2. The predicted octanol–water partition coefficient (Wildman–Crippen LogP) is 3.78. The van der Waals surface area contributed by atoms with Crippen LogP contribution in [0.1, 0.15) is 47.9 Å². The van der Waals surface area contributed by atoms with Crippen LogP contribution >= 0.6 is 0 Å². The second-order valence-corrected chi connectivity index (χ2v) is 11.6. The van der Waals surface area contributed by atoms with Crippen molar-refractivity contribution < 1.29 is 22.3 Å². The number of fused-ring (bicyclic) bond motifs is 2. The van der Waals surface area contributed by atoms with Gasteiger partial charge in [-0.2, -0.15) is 0 Å². The Morgan fingerprint density at radius 1 is 1.12 bits per heavy atom. The van der Waals surface area contributed by atoms with E-state index < -0.39 is 21.3 Å². The molecule has 0 unspecified atom stereocenters. The first-order valence-corrected chi connectivity index (χ1v) is 13.5. The normalized spacial score (nSPS) is 19.5. The minimum absolute atomic E-state index is 0.291. The number of amides is 1. The van der Waals surface area contributed by atoms with E-state index in [0.717, 1.165) is 60.0 Å². The number of rotatable bonds is 4. The lowest BCUT2D eigenvalue weighted by Crippen LogP contribution is -2.44. The van der Waals surface area contributed by atoms with Gasteiger partial charge in [-0.15, -0.1) is 0 Å². The summed E-state index contributed by atoms with van der Waals surface area (Å²) in [6.45, 7) is 4.58. The van der Waals surface area contributed by atoms with Gasteiger partial charge in [-0.3, -0.25) is 9.52 Å². The number of hydrogen-bond acceptors (Lipinski definition) is 5. The number of nitrogens with one attached hydrogen (secondary N) is 1. The molecule has 1 saturated heterocycles. The zero-order valence-electron chi connectivity index (χ0n) is 19.5. The number of likely N-dealkylation sites (tertiary alicyclic amines) is 1. The second-order valence-electron chi connectivity index (χ2n) is 9.83. The maximum atomic E-state index is 14.3. The largest absolute Gasteiger partial charge is 0.488 e. The van der Waals surface area contributed by atoms with Crippen molar-refractivity contribution in [1.29, 1.82) is 0 Å². The average Bonchev–Trinajstić information content (AvgIpc) is 3.57. The number of nitrogens with zero attached hydrogens (tertiary/aromatic N) is 1. The lowest BCUT2D eigenvalue weighted by molar-refractivity contribution is -0.125. The summed E-state index contributed by atoms with van der Waals surface area (Å²) >= 11 is 0. The van der Waals surface area contributed by atoms with Gasteiger partial charge >= 0.3 is 0 Å². The van der Waals surface area contributed by atoms with E-state index in [-0.39, 0.29) is 5.82 Å². The number of ether oxygens (including phenoxy) is 1. The summed E-state index contributed by atoms with van der Waals surface area (Å²) in [6.07, 6.45) is 4.01. The molecular formula is C26H29FN2O4S. The first-order chi connectivity index (χ1) is 16.1. The summed E-state index contributed by atoms with van der Waals surface area (Å²) in [4.78, 5) is 14.8. The number of sulfonamides is 1. The highest BCUT2D eigenvalue weighted by molar-refractivity contribution is 7.89. The molecule has 0 aromatic heterocycles. The van der Waals surface area contributed by atoms with Gasteiger partial charge in [-0.05, 0) is 67.5 Å². The lowest BCUT2D eigenvalue weighted by atomic mass is 9.86. The molecule has 0 bridgehead atoms. The third-order valence-electron chi connectivity index (χ3n) is 7.08. The molecule has 34 heavy (non-hydrogen) atoms. The van der Waals surface area contributed by atoms with E-state index in [1.54, 1.807) is 12.1 Å². The zero-order valence-corrected chi connectivity index (χ0v) is 20.3. The predicted molar refractivity (Wildman–Crippen MR) is 128 cm³/mol. The zero-order chi connectivity index (χ0) is 24.1. The molecule has 180 valence electrons. The Bertz CT molecular complexity index is 1290. The van der Waals surface area contributed by atoms with E-state index in [4.69, 9.17) is 4.74 Å². The van der Waals surface area contributed by atoms with Crippen LogP contribution in [0.4, 0.5) is 4.39 Å². The summed E-state index contributed by atoms with van der Waals surface area (Å²) in [7, 11) is -3.57. The van der Waals surface area contributed by atoms with Crippen molar-refractivity contribution in [3.63, 3.8) is 0 Å². The van der Waals surface area contributed by atoms with Crippen LogP contribution in [-0.2, 0) is 21.4 Å². The molecule has 1 N–H and O–H groups in total. The monoisotopic (exact) mass is 484 g/mol. The number of benzene rings is 2. The van der Waals surface area contributed by atoms with Crippen LogP contribution in [-0.4, -0.2) is 45.1 Å². The Morgan fingerprint density at radius 2 is 1.85 bits per heavy atom. The van der Waals surface area contributed by atoms with Crippen LogP contribution in [0, 0.1) is 18.2 Å². The van der Waals surface area contributed by atoms with Gasteiger partial charge in [-0.1, -0.05) is 29.3 Å². The van der Waals surface area contributed by atoms with Gasteiger partial charge in [-0.25, -0.2) is 12.8 Å². The summed E-state index contributed by atoms with van der Waals surface area (Å²) in [5, 5.41) is 0. The minimum Gasteiger partial charge on any atom is -0.488 e. The molecule has 2 fully saturated rings. The van der Waals surface area contributed by atoms with Crippen molar-refractivity contribution in [2.75, 3.05) is 25.9 Å². The Hall–Kier alpha value is -2.71. The number of piperidine rings is 1. The third kappa shape index (κ3) is 4.61. The van der Waals surface area contributed by atoms with Gasteiger partial charge < -0.3 is 9.64 Å². The summed E-state index contributed by atoms with van der Waals surface area (Å²) in [5.41, 5.74) is 5.82. The molecule has 0 spiro atoms. The molecule has 3 aliphatic rings. The molecule has 2 heterocycles. The molecular weight excluding hydrogens is 455 g/mol. The first kappa shape index (κ1) is 23.1. The number of carbonyl (C=O) groups is 1. The van der Waals surface area contributed by atoms with E-state index in [0.29, 0.717) is 31.7 Å². The molecule has 2 aromatic rings. The molecule has 2 aliphatic heterocycles. The van der Waals surface area contributed by atoms with E-state index >= 15 is 0 Å². The fourth-order valence-corrected chi connectivity index (χ4v) is 5.69. The second kappa shape index (κ2) is 8.50. The van der Waals surface area contributed by atoms with Crippen molar-refractivity contribution in [2.24, 2.45) is 5.41 Å². The average molecular weight is 485 g/mol. The molecule has 0 atom stereocenters. The number of halogens is 1. The molecule has 1 saturated carbocycles. The first-order valence-electron chi connectivity index (χ1n) is 11.6. The molecule has 8 heteroatoms. The van der Waals surface area contributed by atoms with Crippen LogP contribution in [0.15, 0.2) is 42.0 Å². The van der Waals surface area contributed by atoms with E-state index in [2.05, 4.69) is 34.7 Å². The fourth-order valence-electron chi connectivity index (χ4n) is 5.13. The topological polar surface area (TPSA) is 75.7 Å². The lowest BCUT2D eigenvalue weighted by Gasteiger charge is -2.32. The van der Waals surface area contributed by atoms with Gasteiger partial charge in [0.25, 0.3) is 0 Å². The molecule has 1 aliphatic carbocycles. The smallest absolute Gasteiger partial charge is 0.240 e. The minimum atomic E-state index is -3.57. The number of hydrogen-bond donors (Lipinski definition) is 1. The summed E-state index contributed by atoms with van der Waals surface area (Å²) in [6, 6.07) is 11.0. The molecule has 2 aromatic carbocycles. The van der Waals surface area contributed by atoms with E-state index in [1.165, 1.54) is 11.6 Å². The number of carbonyl (C=O) groups excluding carboxylic acids is 1. The maximum Gasteiger partial charge on any atom is 0.240 e. The third-order valence-corrected chi connectivity index (χ3v) is 7.63. The van der Waals surface area contributed by atoms with Crippen molar-refractivity contribution in [3.8, 4) is 5.75 Å². The highest BCUT2D eigenvalue weighted by Gasteiger charge is 2.51. The van der Waals surface area contributed by atoms with Crippen molar-refractivity contribution in [3.05, 3.63) is 70.0 Å². The SMILES string of the molecule is Cc1ccc2c(c1)COc1ccc(F)cc1C2=C1CCN(CC2(C(=O)NS(C)(=O)=O)CC2)CC1. The van der Waals surface area contributed by atoms with Crippen LogP contribution in [0.2, 0.25) is 0 Å². The fraction of sp³-hybridized carbons (Fsp3) is 0.423. The maximum absolute atomic E-state index is 14.3. The van der Waals surface area contributed by atoms with Crippen LogP contribution in [0.25, 0.3) is 5.57 Å². The molecule has 1 amide bonds. The Balaban J connectivity index is 1.42. The molecule has 5 rings (SSSR count). The molecule has 0 radical (unpaired) electrons. The summed E-state index contributed by atoms with van der Waals surface area (Å²) in [5.74, 6) is 0.00402. The van der Waals surface area contributed by atoms with E-state index in [9.17, 15) is 17.6 Å². The Kier molecular flexibility index (Phi) is 5.76. The van der Waals surface area contributed by atoms with Crippen molar-refractivity contribution in [1.82, 2.24) is 9.62 Å². The standard InChI is InChI=1S/C26H29FN2O4S/c1-17-3-5-21-19(13-17)15-33-23-6-4-20(27)14-22(23)24(21)18-7-11-29(12-8-18)16-26(9-10-26)25(30)28-34(2,31)32/h3-6,13-14H,7-12,15-16H2,1-2H3,(H,28,30). The van der Waals surface area contributed by atoms with Gasteiger partial charge in [0.05, 0.1) is 11.7 Å². The Labute approximate surface area is 199 Å².